The highest BCUT2D eigenvalue weighted by Gasteiger charge is 2.37. The van der Waals surface area contributed by atoms with Gasteiger partial charge in [0.15, 0.2) is 0 Å². The monoisotopic (exact) mass is 700 g/mol. The van der Waals surface area contributed by atoms with Gasteiger partial charge >= 0.3 is 12.2 Å². The first kappa shape index (κ1) is 41.3. The Morgan fingerprint density at radius 1 is 0.780 bits per heavy atom. The predicted octanol–water partition coefficient (Wildman–Crippen LogP) is 5.02. The quantitative estimate of drug-likeness (QED) is 0.192. The topological polar surface area (TPSA) is 134 Å². The Kier molecular flexibility index (Phi) is 17.1. The van der Waals surface area contributed by atoms with E-state index in [0.29, 0.717) is 52.8 Å². The van der Waals surface area contributed by atoms with Gasteiger partial charge < -0.3 is 39.5 Å². The maximum absolute atomic E-state index is 12.6. The number of nitrogens with two attached hydrogens (primary N) is 1. The Hall–Kier alpha value is -3.10. The highest BCUT2D eigenvalue weighted by atomic mass is 16.6. The number of carbonyl (C=O) groups excluding carboxylic acids is 2. The minimum absolute atomic E-state index is 0.00618. The fourth-order valence-corrected chi connectivity index (χ4v) is 5.49. The van der Waals surface area contributed by atoms with E-state index in [1.807, 2.05) is 0 Å². The molecule has 1 heterocycles. The first-order valence-electron chi connectivity index (χ1n) is 17.6. The predicted molar refractivity (Wildman–Crippen MR) is 193 cm³/mol. The molecular weight excluding hydrogens is 640 g/mol. The fraction of sp³-hybridized carbons (Fsp3) is 0.632. The second kappa shape index (κ2) is 20.7. The molecule has 0 saturated carbocycles. The lowest BCUT2D eigenvalue weighted by Gasteiger charge is -2.45. The number of nitrogens with zero attached hydrogens (tertiary/aromatic N) is 2. The highest BCUT2D eigenvalue weighted by molar-refractivity contribution is 5.88. The lowest BCUT2D eigenvalue weighted by Crippen LogP contribution is -2.59. The van der Waals surface area contributed by atoms with Crippen LogP contribution in [-0.4, -0.2) is 119 Å². The van der Waals surface area contributed by atoms with E-state index in [1.165, 1.54) is 11.1 Å². The summed E-state index contributed by atoms with van der Waals surface area (Å²) in [6.45, 7) is 16.4. The molecule has 12 nitrogen and oxygen atoms in total. The van der Waals surface area contributed by atoms with Gasteiger partial charge in [-0.15, -0.1) is 0 Å². The summed E-state index contributed by atoms with van der Waals surface area (Å²) < 4.78 is 33.7. The number of imide groups is 1. The lowest BCUT2D eigenvalue weighted by molar-refractivity contribution is -0.0379. The first-order chi connectivity index (χ1) is 23.8. The van der Waals surface area contributed by atoms with Crippen LogP contribution in [0.3, 0.4) is 0 Å². The molecule has 0 aliphatic carbocycles. The van der Waals surface area contributed by atoms with Crippen LogP contribution in [0.4, 0.5) is 9.59 Å². The van der Waals surface area contributed by atoms with Crippen LogP contribution < -0.4 is 11.1 Å². The van der Waals surface area contributed by atoms with Crippen molar-refractivity contribution in [2.45, 2.75) is 65.2 Å². The number of hydrogen-bond acceptors (Lipinski definition) is 11. The van der Waals surface area contributed by atoms with Crippen molar-refractivity contribution < 1.29 is 38.0 Å². The summed E-state index contributed by atoms with van der Waals surface area (Å²) in [6.07, 6.45) is -0.644. The van der Waals surface area contributed by atoms with Crippen LogP contribution >= 0.6 is 0 Å². The van der Waals surface area contributed by atoms with Gasteiger partial charge in [-0.1, -0.05) is 60.7 Å². The Balaban J connectivity index is 1.31. The second-order valence-electron chi connectivity index (χ2n) is 14.7. The molecule has 0 bridgehead atoms. The summed E-state index contributed by atoms with van der Waals surface area (Å²) in [5.41, 5.74) is 7.25. The maximum atomic E-state index is 12.6. The van der Waals surface area contributed by atoms with Crippen molar-refractivity contribution in [2.24, 2.45) is 11.1 Å². The Morgan fingerprint density at radius 2 is 1.28 bits per heavy atom. The Labute approximate surface area is 298 Å². The largest absolute Gasteiger partial charge is 0.443 e. The van der Waals surface area contributed by atoms with E-state index in [-0.39, 0.29) is 24.6 Å². The van der Waals surface area contributed by atoms with Crippen molar-refractivity contribution in [3.05, 3.63) is 71.8 Å². The highest BCUT2D eigenvalue weighted by Crippen LogP contribution is 2.31. The zero-order chi connectivity index (χ0) is 36.5. The maximum Gasteiger partial charge on any atom is 0.419 e. The first-order valence-corrected chi connectivity index (χ1v) is 17.6. The molecule has 280 valence electrons. The number of carbonyl (C=O) groups is 2. The van der Waals surface area contributed by atoms with Gasteiger partial charge in [0.1, 0.15) is 11.2 Å². The van der Waals surface area contributed by atoms with Crippen LogP contribution in [0.25, 0.3) is 0 Å². The molecule has 2 amide bonds. The molecule has 1 aliphatic heterocycles. The van der Waals surface area contributed by atoms with Gasteiger partial charge in [-0.25, -0.2) is 14.5 Å². The van der Waals surface area contributed by atoms with Crippen LogP contribution in [0, 0.1) is 5.41 Å². The van der Waals surface area contributed by atoms with Crippen molar-refractivity contribution in [1.82, 2.24) is 15.1 Å². The minimum Gasteiger partial charge on any atom is -0.443 e. The normalized spacial score (nSPS) is 17.7. The van der Waals surface area contributed by atoms with Crippen LogP contribution in [0.15, 0.2) is 60.7 Å². The molecule has 0 aromatic heterocycles. The third-order valence-electron chi connectivity index (χ3n) is 7.89. The number of amides is 2. The van der Waals surface area contributed by atoms with E-state index >= 15 is 0 Å². The molecule has 0 spiro atoms. The van der Waals surface area contributed by atoms with E-state index in [1.54, 1.807) is 41.5 Å². The fourth-order valence-electron chi connectivity index (χ4n) is 5.49. The van der Waals surface area contributed by atoms with E-state index in [0.717, 1.165) is 31.1 Å². The van der Waals surface area contributed by atoms with Gasteiger partial charge in [0.25, 0.3) is 0 Å². The zero-order valence-electron chi connectivity index (χ0n) is 31.0. The average molecular weight is 701 g/mol. The third-order valence-corrected chi connectivity index (χ3v) is 7.89. The molecule has 2 aromatic carbocycles. The Bertz CT molecular complexity index is 1230. The van der Waals surface area contributed by atoms with Crippen LogP contribution in [0.5, 0.6) is 0 Å². The van der Waals surface area contributed by atoms with E-state index in [9.17, 15) is 9.59 Å². The number of benzene rings is 2. The number of rotatable bonds is 19. The van der Waals surface area contributed by atoms with Crippen molar-refractivity contribution in [3.63, 3.8) is 0 Å². The lowest BCUT2D eigenvalue weighted by atomic mass is 9.85. The van der Waals surface area contributed by atoms with Crippen molar-refractivity contribution in [3.8, 4) is 0 Å². The molecule has 1 aliphatic rings. The molecule has 3 N–H and O–H groups in total. The molecular formula is C38H60N4O8. The summed E-state index contributed by atoms with van der Waals surface area (Å²) in [5, 5.41) is 3.60. The standard InChI is InChI=1S/C38H60N4O8/c1-36(2,3)49-34(43)42(35(44)50-37(4,5)6)17-18-45-19-20-46-21-22-47-23-24-48-29-38(26-39)27-40-30-41(28-38)33(32-15-11-8-12-16-32)25-31-13-9-7-10-14-31/h7-16,33,40H,17-30,39H2,1-6H3. The molecule has 0 radical (unpaired) electrons. The van der Waals surface area contributed by atoms with Crippen LogP contribution in [-0.2, 0) is 34.8 Å². The zero-order valence-corrected chi connectivity index (χ0v) is 31.0. The number of hydrogen-bond donors (Lipinski definition) is 2. The summed E-state index contributed by atoms with van der Waals surface area (Å²) in [7, 11) is 0. The van der Waals surface area contributed by atoms with Crippen LogP contribution in [0.2, 0.25) is 0 Å². The van der Waals surface area contributed by atoms with E-state index in [4.69, 9.17) is 34.2 Å². The van der Waals surface area contributed by atoms with Crippen molar-refractivity contribution in [2.75, 3.05) is 85.7 Å². The summed E-state index contributed by atoms with van der Waals surface area (Å²) in [5.74, 6) is 0. The van der Waals surface area contributed by atoms with Gasteiger partial charge in [-0.05, 0) is 59.1 Å². The Morgan fingerprint density at radius 3 is 1.80 bits per heavy atom. The smallest absolute Gasteiger partial charge is 0.419 e. The average Bonchev–Trinajstić information content (AvgIpc) is 3.06. The second-order valence-corrected chi connectivity index (χ2v) is 14.7. The minimum atomic E-state index is -0.779. The molecule has 1 fully saturated rings. The summed E-state index contributed by atoms with van der Waals surface area (Å²) in [4.78, 5) is 28.5. The van der Waals surface area contributed by atoms with Crippen molar-refractivity contribution in [1.29, 1.82) is 0 Å². The molecule has 2 unspecified atom stereocenters. The number of ether oxygens (including phenoxy) is 6. The van der Waals surface area contributed by atoms with Gasteiger partial charge in [0.2, 0.25) is 0 Å². The van der Waals surface area contributed by atoms with Crippen LogP contribution in [0.1, 0.15) is 58.7 Å². The summed E-state index contributed by atoms with van der Waals surface area (Å²) >= 11 is 0. The third kappa shape index (κ3) is 15.4. The number of nitrogens with one attached hydrogen (secondary N) is 1. The molecule has 50 heavy (non-hydrogen) atoms. The SMILES string of the molecule is CC(C)(C)OC(=O)N(CCOCCOCCOCCOCC1(CN)CNCN(C(Cc2ccccc2)c2ccccc2)C1)C(=O)OC(C)(C)C. The van der Waals surface area contributed by atoms with Gasteiger partial charge in [0.05, 0.1) is 59.4 Å². The van der Waals surface area contributed by atoms with Crippen molar-refractivity contribution >= 4 is 12.2 Å². The molecule has 2 atom stereocenters. The van der Waals surface area contributed by atoms with Gasteiger partial charge in [-0.3, -0.25) is 4.90 Å². The molecule has 3 rings (SSSR count). The van der Waals surface area contributed by atoms with Gasteiger partial charge in [0, 0.05) is 37.8 Å². The van der Waals surface area contributed by atoms with E-state index in [2.05, 4.69) is 70.9 Å². The summed E-state index contributed by atoms with van der Waals surface area (Å²) in [6, 6.07) is 21.5. The molecule has 2 aromatic rings. The molecule has 1 saturated heterocycles. The van der Waals surface area contributed by atoms with Gasteiger partial charge in [-0.2, -0.15) is 0 Å². The van der Waals surface area contributed by atoms with E-state index < -0.39 is 23.4 Å². The molecule has 12 heteroatoms.